The molecule has 0 aromatic heterocycles. The van der Waals surface area contributed by atoms with Crippen molar-refractivity contribution in [1.82, 2.24) is 0 Å². The predicted molar refractivity (Wildman–Crippen MR) is 71.3 cm³/mol. The van der Waals surface area contributed by atoms with Gasteiger partial charge in [-0.05, 0) is 43.4 Å². The summed E-state index contributed by atoms with van der Waals surface area (Å²) in [4.78, 5) is 0. The predicted octanol–water partition coefficient (Wildman–Crippen LogP) is 3.11. The third-order valence-electron chi connectivity index (χ3n) is 4.73. The second-order valence-corrected chi connectivity index (χ2v) is 7.00. The second kappa shape index (κ2) is 5.48. The molecule has 1 atom stereocenters. The summed E-state index contributed by atoms with van der Waals surface area (Å²) in [7, 11) is 0. The summed E-state index contributed by atoms with van der Waals surface area (Å²) < 4.78 is 11.6. The molecule has 1 spiro atoms. The van der Waals surface area contributed by atoms with Gasteiger partial charge in [0.15, 0.2) is 6.29 Å². The molecule has 2 aliphatic rings. The number of aliphatic hydroxyl groups is 1. The average Bonchev–Trinajstić information content (AvgIpc) is 2.69. The molecule has 1 saturated carbocycles. The molecule has 106 valence electrons. The highest BCUT2D eigenvalue weighted by Gasteiger charge is 2.44. The number of aliphatic hydroxyl groups excluding tert-OH is 1. The van der Waals surface area contributed by atoms with Gasteiger partial charge in [-0.25, -0.2) is 0 Å². The quantitative estimate of drug-likeness (QED) is 0.843. The molecule has 1 heterocycles. The third kappa shape index (κ3) is 3.25. The van der Waals surface area contributed by atoms with Gasteiger partial charge < -0.3 is 14.6 Å². The summed E-state index contributed by atoms with van der Waals surface area (Å²) in [6.07, 6.45) is 6.93. The van der Waals surface area contributed by atoms with Crippen molar-refractivity contribution >= 4 is 0 Å². The lowest BCUT2D eigenvalue weighted by atomic mass is 9.68. The molecule has 2 fully saturated rings. The van der Waals surface area contributed by atoms with Crippen LogP contribution in [-0.4, -0.2) is 30.2 Å². The van der Waals surface area contributed by atoms with Gasteiger partial charge >= 0.3 is 0 Å². The van der Waals surface area contributed by atoms with E-state index in [0.29, 0.717) is 12.0 Å². The van der Waals surface area contributed by atoms with E-state index in [-0.39, 0.29) is 18.5 Å². The van der Waals surface area contributed by atoms with Crippen LogP contribution in [0.5, 0.6) is 0 Å². The van der Waals surface area contributed by atoms with E-state index < -0.39 is 0 Å². The van der Waals surface area contributed by atoms with Crippen LogP contribution in [-0.2, 0) is 9.47 Å². The van der Waals surface area contributed by atoms with Gasteiger partial charge in [0.2, 0.25) is 0 Å². The van der Waals surface area contributed by atoms with Crippen molar-refractivity contribution < 1.29 is 14.6 Å². The van der Waals surface area contributed by atoms with Crippen LogP contribution in [0.15, 0.2) is 0 Å². The van der Waals surface area contributed by atoms with Crippen LogP contribution < -0.4 is 0 Å². The van der Waals surface area contributed by atoms with Gasteiger partial charge in [0.25, 0.3) is 0 Å². The van der Waals surface area contributed by atoms with Gasteiger partial charge in [0, 0.05) is 6.42 Å². The topological polar surface area (TPSA) is 38.7 Å². The lowest BCUT2D eigenvalue weighted by molar-refractivity contribution is -0.184. The van der Waals surface area contributed by atoms with E-state index in [4.69, 9.17) is 14.6 Å². The lowest BCUT2D eigenvalue weighted by Gasteiger charge is -2.41. The van der Waals surface area contributed by atoms with E-state index in [0.717, 1.165) is 18.8 Å². The molecule has 18 heavy (non-hydrogen) atoms. The molecule has 0 unspecified atom stereocenters. The Balaban J connectivity index is 1.82. The van der Waals surface area contributed by atoms with Crippen molar-refractivity contribution in [2.75, 3.05) is 13.2 Å². The summed E-state index contributed by atoms with van der Waals surface area (Å²) in [5.41, 5.74) is 0.509. The van der Waals surface area contributed by atoms with Crippen LogP contribution in [0, 0.1) is 11.3 Å². The van der Waals surface area contributed by atoms with E-state index in [1.165, 1.54) is 25.7 Å². The van der Waals surface area contributed by atoms with Crippen molar-refractivity contribution in [2.45, 2.75) is 71.2 Å². The molecule has 1 aliphatic heterocycles. The van der Waals surface area contributed by atoms with E-state index >= 15 is 0 Å². The Kier molecular flexibility index (Phi) is 4.35. The van der Waals surface area contributed by atoms with Gasteiger partial charge in [0.05, 0.1) is 18.8 Å². The molecular formula is C15H28O3. The van der Waals surface area contributed by atoms with Crippen molar-refractivity contribution in [3.8, 4) is 0 Å². The Labute approximate surface area is 111 Å². The molecule has 0 radical (unpaired) electrons. The SMILES string of the molecule is CC(C)(C)C1CCC2(CC1)CC[C@H](OCCO)O2. The first-order chi connectivity index (χ1) is 8.45. The zero-order chi connectivity index (χ0) is 13.2. The molecule has 1 N–H and O–H groups in total. The lowest BCUT2D eigenvalue weighted by Crippen LogP contribution is -2.38. The second-order valence-electron chi connectivity index (χ2n) is 7.00. The normalized spacial score (nSPS) is 37.3. The Bertz CT molecular complexity index is 261. The smallest absolute Gasteiger partial charge is 0.158 e. The zero-order valence-corrected chi connectivity index (χ0v) is 12.1. The van der Waals surface area contributed by atoms with Gasteiger partial charge in [-0.1, -0.05) is 20.8 Å². The van der Waals surface area contributed by atoms with Crippen LogP contribution in [0.25, 0.3) is 0 Å². The van der Waals surface area contributed by atoms with Gasteiger partial charge in [-0.15, -0.1) is 0 Å². The van der Waals surface area contributed by atoms with Gasteiger partial charge in [-0.2, -0.15) is 0 Å². The summed E-state index contributed by atoms with van der Waals surface area (Å²) in [6, 6.07) is 0. The number of hydrogen-bond donors (Lipinski definition) is 1. The van der Waals surface area contributed by atoms with Crippen LogP contribution in [0.2, 0.25) is 0 Å². The van der Waals surface area contributed by atoms with Crippen LogP contribution >= 0.6 is 0 Å². The van der Waals surface area contributed by atoms with E-state index in [9.17, 15) is 0 Å². The maximum absolute atomic E-state index is 8.77. The van der Waals surface area contributed by atoms with Crippen molar-refractivity contribution in [3.05, 3.63) is 0 Å². The molecule has 2 rings (SSSR count). The fraction of sp³-hybridized carbons (Fsp3) is 1.00. The largest absolute Gasteiger partial charge is 0.394 e. The minimum absolute atomic E-state index is 0.0802. The van der Waals surface area contributed by atoms with Crippen LogP contribution in [0.1, 0.15) is 59.3 Å². The van der Waals surface area contributed by atoms with Gasteiger partial charge in [0.1, 0.15) is 0 Å². The third-order valence-corrected chi connectivity index (χ3v) is 4.73. The summed E-state index contributed by atoms with van der Waals surface area (Å²) in [6.45, 7) is 7.51. The fourth-order valence-corrected chi connectivity index (χ4v) is 3.46. The molecule has 0 aromatic rings. The maximum Gasteiger partial charge on any atom is 0.158 e. The van der Waals surface area contributed by atoms with Gasteiger partial charge in [-0.3, -0.25) is 0 Å². The summed E-state index contributed by atoms with van der Waals surface area (Å²) in [5.74, 6) is 0.823. The Hall–Kier alpha value is -0.120. The van der Waals surface area contributed by atoms with Crippen molar-refractivity contribution in [1.29, 1.82) is 0 Å². The maximum atomic E-state index is 8.77. The molecule has 3 nitrogen and oxygen atoms in total. The molecule has 1 saturated heterocycles. The fourth-order valence-electron chi connectivity index (χ4n) is 3.46. The molecular weight excluding hydrogens is 228 g/mol. The first-order valence-corrected chi connectivity index (χ1v) is 7.35. The highest BCUT2D eigenvalue weighted by atomic mass is 16.7. The Morgan fingerprint density at radius 3 is 2.33 bits per heavy atom. The zero-order valence-electron chi connectivity index (χ0n) is 12.1. The molecule has 0 aromatic carbocycles. The molecule has 0 bridgehead atoms. The molecule has 0 amide bonds. The number of rotatable bonds is 3. The van der Waals surface area contributed by atoms with Crippen molar-refractivity contribution in [3.63, 3.8) is 0 Å². The first-order valence-electron chi connectivity index (χ1n) is 7.35. The average molecular weight is 256 g/mol. The van der Waals surface area contributed by atoms with Crippen LogP contribution in [0.4, 0.5) is 0 Å². The van der Waals surface area contributed by atoms with Crippen molar-refractivity contribution in [2.24, 2.45) is 11.3 Å². The van der Waals surface area contributed by atoms with E-state index in [1.807, 2.05) is 0 Å². The minimum Gasteiger partial charge on any atom is -0.394 e. The minimum atomic E-state index is -0.0802. The molecule has 3 heteroatoms. The monoisotopic (exact) mass is 256 g/mol. The standard InChI is InChI=1S/C15H28O3/c1-14(2,3)12-4-7-15(8-5-12)9-6-13(18-15)17-11-10-16/h12-13,16H,4-11H2,1-3H3/t12?,13-,15?/m1/s1. The highest BCUT2D eigenvalue weighted by molar-refractivity contribution is 4.93. The number of hydrogen-bond acceptors (Lipinski definition) is 3. The number of ether oxygens (including phenoxy) is 2. The summed E-state index contributed by atoms with van der Waals surface area (Å²) >= 11 is 0. The van der Waals surface area contributed by atoms with E-state index in [2.05, 4.69) is 20.8 Å². The molecule has 1 aliphatic carbocycles. The summed E-state index contributed by atoms with van der Waals surface area (Å²) in [5, 5.41) is 8.77. The first kappa shape index (κ1) is 14.3. The highest BCUT2D eigenvalue weighted by Crippen LogP contribution is 2.47. The van der Waals surface area contributed by atoms with Crippen LogP contribution in [0.3, 0.4) is 0 Å². The van der Waals surface area contributed by atoms with E-state index in [1.54, 1.807) is 0 Å². The Morgan fingerprint density at radius 1 is 1.17 bits per heavy atom. The Morgan fingerprint density at radius 2 is 1.78 bits per heavy atom.